The molecule has 1 aliphatic rings. The van der Waals surface area contributed by atoms with Crippen molar-refractivity contribution in [3.63, 3.8) is 0 Å². The molecule has 3 rings (SSSR count). The summed E-state index contributed by atoms with van der Waals surface area (Å²) in [7, 11) is 0. The Morgan fingerprint density at radius 1 is 1.20 bits per heavy atom. The van der Waals surface area contributed by atoms with Crippen molar-refractivity contribution in [3.05, 3.63) is 59.7 Å². The summed E-state index contributed by atoms with van der Waals surface area (Å²) in [4.78, 5) is 13.8. The minimum absolute atomic E-state index is 0.0845. The molecule has 128 valence electrons. The maximum absolute atomic E-state index is 13.9. The van der Waals surface area contributed by atoms with Crippen LogP contribution in [-0.2, 0) is 0 Å². The standard InChI is InChI=1S/C19H17F2N3O/c1-2-13-10-16(20)18(17(21)11-13)23-19(25)24-9-8-15(12-24)22-14-6-4-3-5-7-14/h1,3-7,10-11,15,22H,8-9,12H2,(H,23,25)/t15-/m1/s1. The summed E-state index contributed by atoms with van der Waals surface area (Å²) in [6.07, 6.45) is 5.88. The predicted molar refractivity (Wildman–Crippen MR) is 93.4 cm³/mol. The summed E-state index contributed by atoms with van der Waals surface area (Å²) < 4.78 is 27.9. The maximum Gasteiger partial charge on any atom is 0.322 e. The van der Waals surface area contributed by atoms with Gasteiger partial charge in [0.15, 0.2) is 11.6 Å². The molecule has 4 nitrogen and oxygen atoms in total. The van der Waals surface area contributed by atoms with E-state index < -0.39 is 23.4 Å². The minimum Gasteiger partial charge on any atom is -0.380 e. The van der Waals surface area contributed by atoms with E-state index in [-0.39, 0.29) is 11.6 Å². The molecular weight excluding hydrogens is 324 g/mol. The number of anilines is 2. The van der Waals surface area contributed by atoms with Crippen molar-refractivity contribution in [1.82, 2.24) is 4.90 Å². The Bertz CT molecular complexity index is 794. The number of carbonyl (C=O) groups is 1. The van der Waals surface area contributed by atoms with Crippen molar-refractivity contribution in [2.24, 2.45) is 0 Å². The van der Waals surface area contributed by atoms with E-state index in [4.69, 9.17) is 6.42 Å². The van der Waals surface area contributed by atoms with Crippen LogP contribution in [0.4, 0.5) is 25.0 Å². The van der Waals surface area contributed by atoms with Gasteiger partial charge >= 0.3 is 6.03 Å². The van der Waals surface area contributed by atoms with E-state index in [0.29, 0.717) is 13.1 Å². The summed E-state index contributed by atoms with van der Waals surface area (Å²) in [6, 6.07) is 11.2. The Labute approximate surface area is 144 Å². The number of urea groups is 1. The molecule has 1 heterocycles. The minimum atomic E-state index is -0.889. The van der Waals surface area contributed by atoms with Gasteiger partial charge in [-0.2, -0.15) is 0 Å². The molecule has 6 heteroatoms. The molecule has 2 aromatic carbocycles. The number of hydrogen-bond acceptors (Lipinski definition) is 2. The van der Waals surface area contributed by atoms with Crippen LogP contribution in [0.1, 0.15) is 12.0 Å². The molecule has 0 aliphatic carbocycles. The van der Waals surface area contributed by atoms with Crippen LogP contribution in [-0.4, -0.2) is 30.1 Å². The summed E-state index contributed by atoms with van der Waals surface area (Å²) >= 11 is 0. The lowest BCUT2D eigenvalue weighted by molar-refractivity contribution is 0.222. The molecule has 0 radical (unpaired) electrons. The quantitative estimate of drug-likeness (QED) is 0.837. The van der Waals surface area contributed by atoms with Gasteiger partial charge in [-0.05, 0) is 30.7 Å². The van der Waals surface area contributed by atoms with E-state index >= 15 is 0 Å². The number of rotatable bonds is 3. The second-order valence-electron chi connectivity index (χ2n) is 5.83. The predicted octanol–water partition coefficient (Wildman–Crippen LogP) is 3.66. The van der Waals surface area contributed by atoms with Gasteiger partial charge in [0, 0.05) is 30.4 Å². The molecular formula is C19H17F2N3O. The molecule has 1 fully saturated rings. The van der Waals surface area contributed by atoms with E-state index in [9.17, 15) is 13.6 Å². The molecule has 1 atom stereocenters. The van der Waals surface area contributed by atoms with Crippen molar-refractivity contribution in [2.75, 3.05) is 23.7 Å². The number of carbonyl (C=O) groups excluding carboxylic acids is 1. The van der Waals surface area contributed by atoms with Crippen LogP contribution in [0.2, 0.25) is 0 Å². The first-order valence-corrected chi connectivity index (χ1v) is 7.90. The molecule has 0 bridgehead atoms. The van der Waals surface area contributed by atoms with E-state index in [0.717, 1.165) is 24.2 Å². The fourth-order valence-corrected chi connectivity index (χ4v) is 2.79. The number of benzene rings is 2. The Balaban J connectivity index is 1.62. The number of para-hydroxylation sites is 1. The Hall–Kier alpha value is -3.07. The van der Waals surface area contributed by atoms with Gasteiger partial charge in [-0.15, -0.1) is 6.42 Å². The van der Waals surface area contributed by atoms with Crippen LogP contribution in [0.5, 0.6) is 0 Å². The molecule has 0 aromatic heterocycles. The lowest BCUT2D eigenvalue weighted by atomic mass is 10.2. The van der Waals surface area contributed by atoms with Gasteiger partial charge in [-0.1, -0.05) is 24.1 Å². The highest BCUT2D eigenvalue weighted by molar-refractivity contribution is 5.90. The van der Waals surface area contributed by atoms with Gasteiger partial charge in [-0.3, -0.25) is 0 Å². The van der Waals surface area contributed by atoms with Gasteiger partial charge in [0.1, 0.15) is 5.69 Å². The van der Waals surface area contributed by atoms with Gasteiger partial charge in [0.2, 0.25) is 0 Å². The number of likely N-dealkylation sites (tertiary alicyclic amines) is 1. The van der Waals surface area contributed by atoms with Crippen molar-refractivity contribution < 1.29 is 13.6 Å². The highest BCUT2D eigenvalue weighted by Gasteiger charge is 2.27. The molecule has 1 aliphatic heterocycles. The molecule has 25 heavy (non-hydrogen) atoms. The van der Waals surface area contributed by atoms with E-state index in [1.54, 1.807) is 0 Å². The average molecular weight is 341 g/mol. The maximum atomic E-state index is 13.9. The second kappa shape index (κ2) is 7.22. The SMILES string of the molecule is C#Cc1cc(F)c(NC(=O)N2CC[C@@H](Nc3ccccc3)C2)c(F)c1. The lowest BCUT2D eigenvalue weighted by Crippen LogP contribution is -2.35. The number of amides is 2. The first kappa shape index (κ1) is 16.8. The summed E-state index contributed by atoms with van der Waals surface area (Å²) in [5.41, 5.74) is 0.571. The Morgan fingerprint density at radius 3 is 2.52 bits per heavy atom. The fourth-order valence-electron chi connectivity index (χ4n) is 2.79. The van der Waals surface area contributed by atoms with Gasteiger partial charge in [-0.25, -0.2) is 13.6 Å². The van der Waals surface area contributed by atoms with Crippen LogP contribution in [0.25, 0.3) is 0 Å². The number of nitrogens with one attached hydrogen (secondary N) is 2. The van der Waals surface area contributed by atoms with Crippen LogP contribution < -0.4 is 10.6 Å². The molecule has 2 aromatic rings. The van der Waals surface area contributed by atoms with Crippen molar-refractivity contribution in [3.8, 4) is 12.3 Å². The van der Waals surface area contributed by atoms with Crippen LogP contribution in [0.3, 0.4) is 0 Å². The number of terminal acetylenes is 1. The smallest absolute Gasteiger partial charge is 0.322 e. The van der Waals surface area contributed by atoms with E-state index in [2.05, 4.69) is 16.6 Å². The number of halogens is 2. The average Bonchev–Trinajstić information content (AvgIpc) is 3.07. The van der Waals surface area contributed by atoms with Gasteiger partial charge < -0.3 is 15.5 Å². The van der Waals surface area contributed by atoms with Crippen LogP contribution in [0, 0.1) is 24.0 Å². The number of nitrogens with zero attached hydrogens (tertiary/aromatic N) is 1. The van der Waals surface area contributed by atoms with Gasteiger partial charge in [0.25, 0.3) is 0 Å². The first-order valence-electron chi connectivity index (χ1n) is 7.90. The normalized spacial score (nSPS) is 16.4. The molecule has 2 amide bonds. The van der Waals surface area contributed by atoms with Crippen LogP contribution >= 0.6 is 0 Å². The third-order valence-corrected chi connectivity index (χ3v) is 4.06. The Kier molecular flexibility index (Phi) is 4.85. The largest absolute Gasteiger partial charge is 0.380 e. The molecule has 0 spiro atoms. The zero-order chi connectivity index (χ0) is 17.8. The lowest BCUT2D eigenvalue weighted by Gasteiger charge is -2.19. The fraction of sp³-hybridized carbons (Fsp3) is 0.211. The highest BCUT2D eigenvalue weighted by Crippen LogP contribution is 2.22. The molecule has 2 N–H and O–H groups in total. The summed E-state index contributed by atoms with van der Waals surface area (Å²) in [5, 5.41) is 5.63. The van der Waals surface area contributed by atoms with E-state index in [1.807, 2.05) is 30.3 Å². The third kappa shape index (κ3) is 3.89. The van der Waals surface area contributed by atoms with Crippen molar-refractivity contribution >= 4 is 17.4 Å². The summed E-state index contributed by atoms with van der Waals surface area (Å²) in [6.45, 7) is 0.953. The Morgan fingerprint density at radius 2 is 1.88 bits per heavy atom. The first-order chi connectivity index (χ1) is 12.1. The third-order valence-electron chi connectivity index (χ3n) is 4.06. The number of hydrogen-bond donors (Lipinski definition) is 2. The summed E-state index contributed by atoms with van der Waals surface area (Å²) in [5.74, 6) is 0.383. The van der Waals surface area contributed by atoms with Crippen molar-refractivity contribution in [1.29, 1.82) is 0 Å². The zero-order valence-electron chi connectivity index (χ0n) is 13.4. The molecule has 0 saturated carbocycles. The zero-order valence-corrected chi connectivity index (χ0v) is 13.4. The molecule has 0 unspecified atom stereocenters. The van der Waals surface area contributed by atoms with Crippen molar-refractivity contribution in [2.45, 2.75) is 12.5 Å². The molecule has 1 saturated heterocycles. The van der Waals surface area contributed by atoms with Crippen LogP contribution in [0.15, 0.2) is 42.5 Å². The topological polar surface area (TPSA) is 44.4 Å². The monoisotopic (exact) mass is 341 g/mol. The highest BCUT2D eigenvalue weighted by atomic mass is 19.1. The van der Waals surface area contributed by atoms with E-state index in [1.165, 1.54) is 4.90 Å². The van der Waals surface area contributed by atoms with Gasteiger partial charge in [0.05, 0.1) is 0 Å². The second-order valence-corrected chi connectivity index (χ2v) is 5.83.